The summed E-state index contributed by atoms with van der Waals surface area (Å²) in [5.74, 6) is -9.76. The van der Waals surface area contributed by atoms with E-state index in [1.54, 1.807) is 22.9 Å². The number of aromatic nitrogens is 1. The fraction of sp³-hybridized carbons (Fsp3) is 0.0800. The summed E-state index contributed by atoms with van der Waals surface area (Å²) in [6.07, 6.45) is 1.39. The lowest BCUT2D eigenvalue weighted by molar-refractivity contribution is 0.316. The molecule has 4 aromatic rings. The zero-order valence-corrected chi connectivity index (χ0v) is 20.2. The molecule has 1 aliphatic rings. The normalized spacial score (nSPS) is 14.6. The predicted molar refractivity (Wildman–Crippen MR) is 129 cm³/mol. The van der Waals surface area contributed by atoms with Gasteiger partial charge in [0.25, 0.3) is 0 Å². The van der Waals surface area contributed by atoms with E-state index in [1.165, 1.54) is 49.0 Å². The van der Waals surface area contributed by atoms with Crippen molar-refractivity contribution < 1.29 is 31.4 Å². The molecule has 36 heavy (non-hydrogen) atoms. The number of allylic oxidation sites excluding steroid dienone is 2. The van der Waals surface area contributed by atoms with E-state index in [0.29, 0.717) is 28.3 Å². The first-order valence-corrected chi connectivity index (χ1v) is 12.2. The molecule has 11 heteroatoms. The molecular formula is C25H15F5N2O2S2. The standard InChI is InChI=1S/C25H15F5N2O2S2/c1-33-15-7-13(31-24(15)11-3-5-35-9-11)17(18-19(26)21(28)23(30)22(29)20(18)27)14-8-16(34-2)25(32-14)12-4-6-36-10-12/h3-10,31H,1-2H3/b17-14-. The number of hydrogen-bond acceptors (Lipinski definition) is 5. The third-order valence-corrected chi connectivity index (χ3v) is 6.91. The molecule has 5 rings (SSSR count). The molecule has 4 heterocycles. The van der Waals surface area contributed by atoms with Gasteiger partial charge in [-0.25, -0.2) is 26.9 Å². The average molecular weight is 535 g/mol. The molecule has 0 aliphatic carbocycles. The van der Waals surface area contributed by atoms with Gasteiger partial charge in [-0.3, -0.25) is 0 Å². The van der Waals surface area contributed by atoms with E-state index >= 15 is 8.78 Å². The molecule has 1 aromatic carbocycles. The van der Waals surface area contributed by atoms with Gasteiger partial charge in [-0.05, 0) is 22.9 Å². The van der Waals surface area contributed by atoms with Crippen LogP contribution in [0.1, 0.15) is 16.8 Å². The number of nitrogens with one attached hydrogen (secondary N) is 1. The fourth-order valence-electron chi connectivity index (χ4n) is 3.87. The maximum absolute atomic E-state index is 15.1. The van der Waals surface area contributed by atoms with Crippen molar-refractivity contribution in [1.29, 1.82) is 0 Å². The molecule has 0 atom stereocenters. The van der Waals surface area contributed by atoms with Gasteiger partial charge in [0.1, 0.15) is 17.2 Å². The van der Waals surface area contributed by atoms with Crippen molar-refractivity contribution in [3.05, 3.63) is 103 Å². The van der Waals surface area contributed by atoms with Crippen molar-refractivity contribution in [3.8, 4) is 17.0 Å². The van der Waals surface area contributed by atoms with Crippen LogP contribution in [-0.4, -0.2) is 24.9 Å². The van der Waals surface area contributed by atoms with Crippen LogP contribution in [0.2, 0.25) is 0 Å². The molecule has 1 aliphatic heterocycles. The lowest BCUT2D eigenvalue weighted by Gasteiger charge is -2.12. The first kappa shape index (κ1) is 24.0. The summed E-state index contributed by atoms with van der Waals surface area (Å²) in [6, 6.07) is 4.98. The number of aromatic amines is 1. The van der Waals surface area contributed by atoms with Crippen molar-refractivity contribution >= 4 is 34.0 Å². The van der Waals surface area contributed by atoms with Gasteiger partial charge < -0.3 is 14.5 Å². The molecule has 0 saturated carbocycles. The monoisotopic (exact) mass is 534 g/mol. The van der Waals surface area contributed by atoms with Gasteiger partial charge in [0.15, 0.2) is 23.3 Å². The Hall–Kier alpha value is -3.70. The fourth-order valence-corrected chi connectivity index (χ4v) is 5.15. The molecule has 1 N–H and O–H groups in total. The third kappa shape index (κ3) is 3.84. The summed E-state index contributed by atoms with van der Waals surface area (Å²) < 4.78 is 83.5. The van der Waals surface area contributed by atoms with Crippen LogP contribution in [0.4, 0.5) is 22.0 Å². The third-order valence-electron chi connectivity index (χ3n) is 5.54. The minimum atomic E-state index is -2.25. The highest BCUT2D eigenvalue weighted by molar-refractivity contribution is 7.08. The first-order chi connectivity index (χ1) is 17.3. The lowest BCUT2D eigenvalue weighted by atomic mass is 9.98. The largest absolute Gasteiger partial charge is 0.494 e. The van der Waals surface area contributed by atoms with E-state index in [0.717, 1.165) is 0 Å². The van der Waals surface area contributed by atoms with Crippen LogP contribution in [-0.2, 0) is 4.74 Å². The predicted octanol–water partition coefficient (Wildman–Crippen LogP) is 7.30. The zero-order valence-electron chi connectivity index (χ0n) is 18.6. The Kier molecular flexibility index (Phi) is 6.27. The first-order valence-electron chi connectivity index (χ1n) is 10.3. The number of aliphatic imine (C=N–C) groups is 1. The highest BCUT2D eigenvalue weighted by Crippen LogP contribution is 2.41. The number of benzene rings is 1. The Balaban J connectivity index is 1.85. The zero-order chi connectivity index (χ0) is 25.6. The SMILES string of the molecule is COC1=C/C(=C(\c2cc(OC)c(-c3ccsc3)[nH]2)c2c(F)c(F)c(F)c(F)c2F)N=C1c1ccsc1. The number of H-pyrrole nitrogens is 1. The number of halogens is 5. The molecular weight excluding hydrogens is 519 g/mol. The Bertz CT molecular complexity index is 1520. The number of ether oxygens (including phenoxy) is 2. The molecule has 4 nitrogen and oxygen atoms in total. The molecule has 184 valence electrons. The van der Waals surface area contributed by atoms with Crippen molar-refractivity contribution in [2.24, 2.45) is 4.99 Å². The van der Waals surface area contributed by atoms with E-state index in [2.05, 4.69) is 9.98 Å². The molecule has 0 amide bonds. The lowest BCUT2D eigenvalue weighted by Crippen LogP contribution is -2.08. The summed E-state index contributed by atoms with van der Waals surface area (Å²) in [4.78, 5) is 7.50. The number of rotatable bonds is 6. The number of hydrogen-bond donors (Lipinski definition) is 1. The van der Waals surface area contributed by atoms with Crippen molar-refractivity contribution in [1.82, 2.24) is 4.98 Å². The highest BCUT2D eigenvalue weighted by atomic mass is 32.1. The molecule has 0 fully saturated rings. The maximum atomic E-state index is 15.1. The second-order valence-corrected chi connectivity index (χ2v) is 9.09. The quantitative estimate of drug-likeness (QED) is 0.160. The van der Waals surface area contributed by atoms with Gasteiger partial charge >= 0.3 is 0 Å². The maximum Gasteiger partial charge on any atom is 0.200 e. The Labute approximate surface area is 209 Å². The number of nitrogens with zero attached hydrogens (tertiary/aromatic N) is 1. The second-order valence-electron chi connectivity index (χ2n) is 7.53. The van der Waals surface area contributed by atoms with Gasteiger partial charge in [-0.15, -0.1) is 0 Å². The summed E-state index contributed by atoms with van der Waals surface area (Å²) in [5.41, 5.74) is 0.713. The molecule has 0 saturated heterocycles. The Morgan fingerprint density at radius 3 is 2.00 bits per heavy atom. The molecule has 0 radical (unpaired) electrons. The van der Waals surface area contributed by atoms with Gasteiger partial charge in [0.05, 0.1) is 36.9 Å². The summed E-state index contributed by atoms with van der Waals surface area (Å²) in [7, 11) is 2.79. The average Bonchev–Trinajstić information content (AvgIpc) is 3.68. The molecule has 0 bridgehead atoms. The Morgan fingerprint density at radius 2 is 1.44 bits per heavy atom. The minimum absolute atomic E-state index is 0.0354. The van der Waals surface area contributed by atoms with Crippen LogP contribution in [0.3, 0.4) is 0 Å². The van der Waals surface area contributed by atoms with Crippen LogP contribution in [0.15, 0.2) is 62.2 Å². The number of methoxy groups -OCH3 is 2. The Morgan fingerprint density at radius 1 is 0.833 bits per heavy atom. The summed E-state index contributed by atoms with van der Waals surface area (Å²) in [6.45, 7) is 0. The van der Waals surface area contributed by atoms with E-state index in [-0.39, 0.29) is 22.7 Å². The van der Waals surface area contributed by atoms with Gasteiger partial charge in [0, 0.05) is 39.6 Å². The van der Waals surface area contributed by atoms with Crippen molar-refractivity contribution in [2.75, 3.05) is 14.2 Å². The van der Waals surface area contributed by atoms with Gasteiger partial charge in [0.2, 0.25) is 5.82 Å². The number of thiophene rings is 2. The van der Waals surface area contributed by atoms with Crippen molar-refractivity contribution in [3.63, 3.8) is 0 Å². The highest BCUT2D eigenvalue weighted by Gasteiger charge is 2.32. The molecule has 3 aromatic heterocycles. The summed E-state index contributed by atoms with van der Waals surface area (Å²) in [5, 5.41) is 7.23. The van der Waals surface area contributed by atoms with Crippen LogP contribution in [0.5, 0.6) is 5.75 Å². The van der Waals surface area contributed by atoms with Crippen LogP contribution in [0, 0.1) is 29.1 Å². The second kappa shape index (κ2) is 9.40. The van der Waals surface area contributed by atoms with Gasteiger partial charge in [-0.1, -0.05) is 0 Å². The topological polar surface area (TPSA) is 46.6 Å². The minimum Gasteiger partial charge on any atom is -0.494 e. The molecule has 0 unspecified atom stereocenters. The molecule has 0 spiro atoms. The van der Waals surface area contributed by atoms with E-state index in [4.69, 9.17) is 9.47 Å². The van der Waals surface area contributed by atoms with E-state index in [1.807, 2.05) is 10.8 Å². The van der Waals surface area contributed by atoms with Gasteiger partial charge in [-0.2, -0.15) is 22.7 Å². The van der Waals surface area contributed by atoms with Crippen LogP contribution >= 0.6 is 22.7 Å². The smallest absolute Gasteiger partial charge is 0.200 e. The van der Waals surface area contributed by atoms with Crippen LogP contribution < -0.4 is 4.74 Å². The van der Waals surface area contributed by atoms with E-state index < -0.39 is 34.6 Å². The summed E-state index contributed by atoms with van der Waals surface area (Å²) >= 11 is 2.81. The van der Waals surface area contributed by atoms with Crippen molar-refractivity contribution in [2.45, 2.75) is 0 Å². The van der Waals surface area contributed by atoms with E-state index in [9.17, 15) is 13.2 Å². The van der Waals surface area contributed by atoms with Crippen LogP contribution in [0.25, 0.3) is 16.8 Å².